The van der Waals surface area contributed by atoms with Crippen molar-refractivity contribution in [3.8, 4) is 0 Å². The van der Waals surface area contributed by atoms with Gasteiger partial charge in [-0.25, -0.2) is 0 Å². The van der Waals surface area contributed by atoms with Gasteiger partial charge in [0.1, 0.15) is 6.54 Å². The highest BCUT2D eigenvalue weighted by atomic mass is 16.1. The maximum absolute atomic E-state index is 10.8. The van der Waals surface area contributed by atoms with E-state index in [1.54, 1.807) is 12.4 Å². The number of carbonyl (C=O) groups is 1. The van der Waals surface area contributed by atoms with Crippen molar-refractivity contribution in [2.45, 2.75) is 33.0 Å². The Morgan fingerprint density at radius 2 is 2.32 bits per heavy atom. The Morgan fingerprint density at radius 3 is 3.05 bits per heavy atom. The molecule has 0 aliphatic rings. The number of nitrogens with one attached hydrogen (secondary N) is 1. The van der Waals surface area contributed by atoms with Crippen LogP contribution in [-0.4, -0.2) is 20.3 Å². The van der Waals surface area contributed by atoms with Crippen molar-refractivity contribution in [2.75, 3.05) is 5.32 Å². The summed E-state index contributed by atoms with van der Waals surface area (Å²) in [7, 11) is 0. The van der Waals surface area contributed by atoms with Crippen LogP contribution in [0.1, 0.15) is 18.9 Å². The third-order valence-corrected chi connectivity index (χ3v) is 2.74. The first-order valence-electron chi connectivity index (χ1n) is 6.36. The summed E-state index contributed by atoms with van der Waals surface area (Å²) in [6.45, 7) is 4.04. The monoisotopic (exact) mass is 261 g/mol. The van der Waals surface area contributed by atoms with Crippen molar-refractivity contribution in [1.82, 2.24) is 14.3 Å². The van der Waals surface area contributed by atoms with Crippen LogP contribution in [0.2, 0.25) is 0 Å². The molecule has 0 spiro atoms. The second-order valence-electron chi connectivity index (χ2n) is 4.50. The number of amides is 1. The van der Waals surface area contributed by atoms with E-state index in [2.05, 4.69) is 40.4 Å². The quantitative estimate of drug-likeness (QED) is 0.786. The molecule has 1 amide bonds. The molecule has 19 heavy (non-hydrogen) atoms. The van der Waals surface area contributed by atoms with Crippen molar-refractivity contribution in [3.05, 3.63) is 36.4 Å². The van der Waals surface area contributed by atoms with Gasteiger partial charge in [0.25, 0.3) is 0 Å². The zero-order valence-electron chi connectivity index (χ0n) is 11.0. The largest absolute Gasteiger partial charge is 0.378 e. The molecule has 6 nitrogen and oxygen atoms in total. The Balaban J connectivity index is 1.87. The maximum atomic E-state index is 10.8. The number of nitrogens with zero attached hydrogens (tertiary/aromatic N) is 3. The molecule has 0 saturated carbocycles. The number of hydrogen-bond donors (Lipinski definition) is 2. The summed E-state index contributed by atoms with van der Waals surface area (Å²) < 4.78 is 3.69. The fourth-order valence-electron chi connectivity index (χ4n) is 1.90. The number of nitrogens with two attached hydrogens (primary N) is 1. The number of hydrogen-bond acceptors (Lipinski definition) is 3. The van der Waals surface area contributed by atoms with E-state index in [-0.39, 0.29) is 6.54 Å². The molecule has 0 aliphatic heterocycles. The van der Waals surface area contributed by atoms with Crippen LogP contribution in [0.5, 0.6) is 0 Å². The van der Waals surface area contributed by atoms with Gasteiger partial charge in [0, 0.05) is 31.7 Å². The second kappa shape index (κ2) is 6.08. The summed E-state index contributed by atoms with van der Waals surface area (Å²) >= 11 is 0. The first-order valence-corrected chi connectivity index (χ1v) is 6.36. The third kappa shape index (κ3) is 3.87. The van der Waals surface area contributed by atoms with E-state index in [9.17, 15) is 4.79 Å². The highest BCUT2D eigenvalue weighted by molar-refractivity contribution is 5.73. The predicted molar refractivity (Wildman–Crippen MR) is 73.5 cm³/mol. The lowest BCUT2D eigenvalue weighted by atomic mass is 10.3. The van der Waals surface area contributed by atoms with E-state index in [4.69, 9.17) is 5.73 Å². The molecule has 0 fully saturated rings. The standard InChI is InChI=1S/C13H19N5O/c1-2-4-17-5-3-11(8-17)6-15-12-7-16-18(9-12)10-13(14)19/h3,5,7-9,15H,2,4,6,10H2,1H3,(H2,14,19). The summed E-state index contributed by atoms with van der Waals surface area (Å²) in [4.78, 5) is 10.8. The van der Waals surface area contributed by atoms with Gasteiger partial charge in [-0.05, 0) is 18.1 Å². The van der Waals surface area contributed by atoms with Crippen LogP contribution in [0.4, 0.5) is 5.69 Å². The van der Waals surface area contributed by atoms with Gasteiger partial charge in [0.05, 0.1) is 11.9 Å². The normalized spacial score (nSPS) is 10.6. The molecular formula is C13H19N5O. The van der Waals surface area contributed by atoms with Crippen molar-refractivity contribution < 1.29 is 4.79 Å². The molecule has 2 rings (SSSR count). The van der Waals surface area contributed by atoms with Crippen LogP contribution in [0.15, 0.2) is 30.9 Å². The van der Waals surface area contributed by atoms with E-state index < -0.39 is 5.91 Å². The van der Waals surface area contributed by atoms with Crippen LogP contribution >= 0.6 is 0 Å². The number of primary amides is 1. The van der Waals surface area contributed by atoms with Crippen LogP contribution in [0, 0.1) is 0 Å². The highest BCUT2D eigenvalue weighted by Crippen LogP contribution is 2.09. The van der Waals surface area contributed by atoms with Gasteiger partial charge in [-0.2, -0.15) is 5.10 Å². The van der Waals surface area contributed by atoms with Crippen LogP contribution in [-0.2, 0) is 24.4 Å². The molecule has 0 unspecified atom stereocenters. The van der Waals surface area contributed by atoms with Crippen molar-refractivity contribution in [2.24, 2.45) is 5.73 Å². The molecule has 0 bridgehead atoms. The van der Waals surface area contributed by atoms with Crippen molar-refractivity contribution >= 4 is 11.6 Å². The third-order valence-electron chi connectivity index (χ3n) is 2.74. The molecule has 102 valence electrons. The van der Waals surface area contributed by atoms with Crippen LogP contribution in [0.25, 0.3) is 0 Å². The smallest absolute Gasteiger partial charge is 0.239 e. The zero-order chi connectivity index (χ0) is 13.7. The van der Waals surface area contributed by atoms with Crippen LogP contribution < -0.4 is 11.1 Å². The highest BCUT2D eigenvalue weighted by Gasteiger charge is 2.02. The summed E-state index contributed by atoms with van der Waals surface area (Å²) in [5.74, 6) is -0.397. The minimum atomic E-state index is -0.397. The number of rotatable bonds is 7. The van der Waals surface area contributed by atoms with E-state index >= 15 is 0 Å². The second-order valence-corrected chi connectivity index (χ2v) is 4.50. The zero-order valence-corrected chi connectivity index (χ0v) is 11.0. The van der Waals surface area contributed by atoms with Crippen LogP contribution in [0.3, 0.4) is 0 Å². The lowest BCUT2D eigenvalue weighted by Crippen LogP contribution is -2.18. The molecule has 2 heterocycles. The summed E-state index contributed by atoms with van der Waals surface area (Å²) in [5, 5.41) is 7.31. The SMILES string of the molecule is CCCn1ccc(CNc2cnn(CC(N)=O)c2)c1. The molecule has 0 aliphatic carbocycles. The Bertz CT molecular complexity index is 543. The Kier molecular flexibility index (Phi) is 4.22. The minimum absolute atomic E-state index is 0.106. The molecule has 2 aromatic rings. The van der Waals surface area contributed by atoms with E-state index in [1.165, 1.54) is 10.2 Å². The Labute approximate surface area is 112 Å². The molecule has 0 atom stereocenters. The van der Waals surface area contributed by atoms with Crippen molar-refractivity contribution in [1.29, 1.82) is 0 Å². The average molecular weight is 261 g/mol. The number of aromatic nitrogens is 3. The Morgan fingerprint density at radius 1 is 1.47 bits per heavy atom. The van der Waals surface area contributed by atoms with E-state index in [1.807, 2.05) is 0 Å². The lowest BCUT2D eigenvalue weighted by molar-refractivity contribution is -0.118. The fraction of sp³-hybridized carbons (Fsp3) is 0.385. The molecule has 3 N–H and O–H groups in total. The first kappa shape index (κ1) is 13.2. The molecule has 6 heteroatoms. The number of anilines is 1. The van der Waals surface area contributed by atoms with Gasteiger partial charge in [-0.15, -0.1) is 0 Å². The van der Waals surface area contributed by atoms with Gasteiger partial charge in [-0.1, -0.05) is 6.92 Å². The average Bonchev–Trinajstić information content (AvgIpc) is 2.96. The molecule has 0 aromatic carbocycles. The molecular weight excluding hydrogens is 242 g/mol. The fourth-order valence-corrected chi connectivity index (χ4v) is 1.90. The van der Waals surface area contributed by atoms with Gasteiger partial charge < -0.3 is 15.6 Å². The lowest BCUT2D eigenvalue weighted by Gasteiger charge is -2.01. The molecule has 0 radical (unpaired) electrons. The first-order chi connectivity index (χ1) is 9.17. The summed E-state index contributed by atoms with van der Waals surface area (Å²) in [6, 6.07) is 2.09. The maximum Gasteiger partial charge on any atom is 0.239 e. The van der Waals surface area contributed by atoms with E-state index in [0.717, 1.165) is 25.2 Å². The van der Waals surface area contributed by atoms with Gasteiger partial charge in [0.2, 0.25) is 5.91 Å². The minimum Gasteiger partial charge on any atom is -0.378 e. The topological polar surface area (TPSA) is 77.9 Å². The van der Waals surface area contributed by atoms with Gasteiger partial charge in [-0.3, -0.25) is 9.48 Å². The summed E-state index contributed by atoms with van der Waals surface area (Å²) in [6.07, 6.45) is 8.79. The van der Waals surface area contributed by atoms with Gasteiger partial charge in [0.15, 0.2) is 0 Å². The number of carbonyl (C=O) groups excluding carboxylic acids is 1. The Hall–Kier alpha value is -2.24. The predicted octanol–water partition coefficient (Wildman–Crippen LogP) is 1.19. The molecule has 0 saturated heterocycles. The number of aryl methyl sites for hydroxylation is 1. The van der Waals surface area contributed by atoms with Gasteiger partial charge >= 0.3 is 0 Å². The van der Waals surface area contributed by atoms with E-state index in [0.29, 0.717) is 0 Å². The molecule has 2 aromatic heterocycles. The van der Waals surface area contributed by atoms with Crippen molar-refractivity contribution in [3.63, 3.8) is 0 Å². The summed E-state index contributed by atoms with van der Waals surface area (Å²) in [5.41, 5.74) is 7.20.